The third kappa shape index (κ3) is 4.88. The highest BCUT2D eigenvalue weighted by atomic mass is 16.5. The second-order valence-electron chi connectivity index (χ2n) is 9.24. The van der Waals surface area contributed by atoms with Crippen LogP contribution < -0.4 is 15.8 Å². The van der Waals surface area contributed by atoms with E-state index in [1.165, 1.54) is 5.56 Å². The van der Waals surface area contributed by atoms with Gasteiger partial charge in [0.05, 0.1) is 29.8 Å². The smallest absolute Gasteiger partial charge is 0.267 e. The summed E-state index contributed by atoms with van der Waals surface area (Å²) in [5.74, 6) is 0.565. The Morgan fingerprint density at radius 1 is 1.03 bits per heavy atom. The van der Waals surface area contributed by atoms with E-state index in [0.29, 0.717) is 55.3 Å². The molecule has 1 aliphatic heterocycles. The molecule has 1 N–H and O–H groups in total. The van der Waals surface area contributed by atoms with Gasteiger partial charge in [0.25, 0.3) is 11.5 Å². The molecular weight excluding hydrogens is 452 g/mol. The molecule has 0 spiro atoms. The van der Waals surface area contributed by atoms with Crippen LogP contribution in [0.2, 0.25) is 0 Å². The quantitative estimate of drug-likeness (QED) is 0.449. The SMILES string of the molecule is Cc1ccc(-n2c(N3CCOCC3)nc3cc(C(=O)NC[C@H](C)c4ccccc4)ccc3c2=O)cc1. The number of nitrogens with one attached hydrogen (secondary N) is 1. The number of fused-ring (bicyclic) bond motifs is 1. The largest absolute Gasteiger partial charge is 0.378 e. The van der Waals surface area contributed by atoms with E-state index in [4.69, 9.17) is 9.72 Å². The number of amides is 1. The Kier molecular flexibility index (Phi) is 6.82. The van der Waals surface area contributed by atoms with Crippen LogP contribution in [0, 0.1) is 6.92 Å². The first-order chi connectivity index (χ1) is 17.5. The molecule has 1 saturated heterocycles. The van der Waals surface area contributed by atoms with Crippen LogP contribution >= 0.6 is 0 Å². The number of nitrogens with zero attached hydrogens (tertiary/aromatic N) is 3. The zero-order valence-corrected chi connectivity index (χ0v) is 20.6. The lowest BCUT2D eigenvalue weighted by molar-refractivity contribution is 0.0951. The van der Waals surface area contributed by atoms with Crippen LogP contribution in [0.15, 0.2) is 77.6 Å². The van der Waals surface area contributed by atoms with Crippen LogP contribution in [0.25, 0.3) is 16.6 Å². The highest BCUT2D eigenvalue weighted by Gasteiger charge is 2.21. The maximum Gasteiger partial charge on any atom is 0.267 e. The average Bonchev–Trinajstić information content (AvgIpc) is 2.93. The highest BCUT2D eigenvalue weighted by molar-refractivity contribution is 5.97. The van der Waals surface area contributed by atoms with Gasteiger partial charge >= 0.3 is 0 Å². The van der Waals surface area contributed by atoms with Crippen molar-refractivity contribution in [3.8, 4) is 5.69 Å². The molecule has 0 unspecified atom stereocenters. The van der Waals surface area contributed by atoms with E-state index in [0.717, 1.165) is 11.3 Å². The van der Waals surface area contributed by atoms with Crippen LogP contribution in [0.1, 0.15) is 34.3 Å². The Labute approximate surface area is 210 Å². The number of aromatic nitrogens is 2. The van der Waals surface area contributed by atoms with Gasteiger partial charge in [-0.05, 0) is 48.7 Å². The molecule has 7 nitrogen and oxygen atoms in total. The van der Waals surface area contributed by atoms with Crippen molar-refractivity contribution in [1.82, 2.24) is 14.9 Å². The molecule has 0 radical (unpaired) electrons. The minimum Gasteiger partial charge on any atom is -0.378 e. The minimum atomic E-state index is -0.183. The van der Waals surface area contributed by atoms with Crippen LogP contribution in [0.5, 0.6) is 0 Å². The Hall–Kier alpha value is -3.97. The van der Waals surface area contributed by atoms with E-state index < -0.39 is 0 Å². The van der Waals surface area contributed by atoms with Gasteiger partial charge in [-0.25, -0.2) is 9.55 Å². The minimum absolute atomic E-state index is 0.157. The maximum absolute atomic E-state index is 13.7. The number of morpholine rings is 1. The van der Waals surface area contributed by atoms with E-state index in [1.54, 1.807) is 22.8 Å². The van der Waals surface area contributed by atoms with Crippen LogP contribution in [-0.2, 0) is 4.74 Å². The number of carbonyl (C=O) groups excluding carboxylic acids is 1. The van der Waals surface area contributed by atoms with E-state index in [9.17, 15) is 9.59 Å². The summed E-state index contributed by atoms with van der Waals surface area (Å²) < 4.78 is 7.18. The monoisotopic (exact) mass is 482 g/mol. The molecule has 1 aromatic heterocycles. The fourth-order valence-corrected chi connectivity index (χ4v) is 4.46. The molecule has 0 bridgehead atoms. The Morgan fingerprint density at radius 3 is 2.47 bits per heavy atom. The van der Waals surface area contributed by atoms with Gasteiger partial charge in [-0.3, -0.25) is 9.59 Å². The predicted octanol–water partition coefficient (Wildman–Crippen LogP) is 4.06. The third-order valence-electron chi connectivity index (χ3n) is 6.64. The molecule has 0 aliphatic carbocycles. The number of benzene rings is 3. The summed E-state index contributed by atoms with van der Waals surface area (Å²) in [6.07, 6.45) is 0. The van der Waals surface area contributed by atoms with Gasteiger partial charge in [-0.2, -0.15) is 0 Å². The lowest BCUT2D eigenvalue weighted by Crippen LogP contribution is -2.40. The van der Waals surface area contributed by atoms with Crippen molar-refractivity contribution in [2.45, 2.75) is 19.8 Å². The molecule has 36 heavy (non-hydrogen) atoms. The van der Waals surface area contributed by atoms with Crippen molar-refractivity contribution in [3.63, 3.8) is 0 Å². The Morgan fingerprint density at radius 2 is 1.75 bits per heavy atom. The summed E-state index contributed by atoms with van der Waals surface area (Å²) in [6, 6.07) is 23.0. The first-order valence-electron chi connectivity index (χ1n) is 12.3. The molecule has 2 heterocycles. The van der Waals surface area contributed by atoms with E-state index >= 15 is 0 Å². The van der Waals surface area contributed by atoms with E-state index in [1.807, 2.05) is 49.4 Å². The molecule has 4 aromatic rings. The molecule has 1 aliphatic rings. The Balaban J connectivity index is 1.49. The van der Waals surface area contributed by atoms with Crippen LogP contribution in [0.3, 0.4) is 0 Å². The summed E-state index contributed by atoms with van der Waals surface area (Å²) >= 11 is 0. The van der Waals surface area contributed by atoms with Gasteiger partial charge in [-0.15, -0.1) is 0 Å². The van der Waals surface area contributed by atoms with Crippen molar-refractivity contribution < 1.29 is 9.53 Å². The number of rotatable bonds is 6. The fraction of sp³-hybridized carbons (Fsp3) is 0.276. The van der Waals surface area contributed by atoms with E-state index in [-0.39, 0.29) is 17.4 Å². The van der Waals surface area contributed by atoms with Crippen molar-refractivity contribution >= 4 is 22.8 Å². The van der Waals surface area contributed by atoms with Crippen molar-refractivity contribution in [3.05, 3.63) is 99.8 Å². The molecule has 0 saturated carbocycles. The second kappa shape index (κ2) is 10.3. The first-order valence-corrected chi connectivity index (χ1v) is 12.3. The first kappa shape index (κ1) is 23.8. The number of hydrogen-bond acceptors (Lipinski definition) is 5. The Bertz CT molecular complexity index is 1430. The lowest BCUT2D eigenvalue weighted by Gasteiger charge is -2.30. The number of ether oxygens (including phenoxy) is 1. The fourth-order valence-electron chi connectivity index (χ4n) is 4.46. The molecule has 184 valence electrons. The normalized spacial score (nSPS) is 14.6. The van der Waals surface area contributed by atoms with Gasteiger partial charge in [0.15, 0.2) is 0 Å². The van der Waals surface area contributed by atoms with Gasteiger partial charge in [0, 0.05) is 25.2 Å². The maximum atomic E-state index is 13.7. The average molecular weight is 483 g/mol. The van der Waals surface area contributed by atoms with Gasteiger partial charge in [-0.1, -0.05) is 55.0 Å². The standard InChI is InChI=1S/C29H30N4O3/c1-20-8-11-24(12-9-20)33-28(35)25-13-10-23(18-26(25)31-29(33)32-14-16-36-17-15-32)27(34)30-19-21(2)22-6-4-3-5-7-22/h3-13,18,21H,14-17,19H2,1-2H3,(H,30,34)/t21-/m0/s1. The van der Waals surface area contributed by atoms with Crippen LogP contribution in [-0.4, -0.2) is 48.3 Å². The highest BCUT2D eigenvalue weighted by Crippen LogP contribution is 2.22. The van der Waals surface area contributed by atoms with Gasteiger partial charge < -0.3 is 15.0 Å². The lowest BCUT2D eigenvalue weighted by atomic mass is 10.0. The summed E-state index contributed by atoms with van der Waals surface area (Å²) in [4.78, 5) is 33.6. The van der Waals surface area contributed by atoms with E-state index in [2.05, 4.69) is 29.3 Å². The molecular formula is C29H30N4O3. The van der Waals surface area contributed by atoms with Gasteiger partial charge in [0.1, 0.15) is 0 Å². The summed E-state index contributed by atoms with van der Waals surface area (Å²) in [6.45, 7) is 7.04. The molecule has 5 rings (SSSR count). The van der Waals surface area contributed by atoms with Crippen LogP contribution in [0.4, 0.5) is 5.95 Å². The zero-order valence-electron chi connectivity index (χ0n) is 20.6. The number of anilines is 1. The number of hydrogen-bond donors (Lipinski definition) is 1. The number of aryl methyl sites for hydroxylation is 1. The number of carbonyl (C=O) groups is 1. The zero-order chi connectivity index (χ0) is 25.1. The van der Waals surface area contributed by atoms with Crippen molar-refractivity contribution in [2.75, 3.05) is 37.7 Å². The molecule has 7 heteroatoms. The third-order valence-corrected chi connectivity index (χ3v) is 6.64. The molecule has 1 atom stereocenters. The summed E-state index contributed by atoms with van der Waals surface area (Å²) in [7, 11) is 0. The van der Waals surface area contributed by atoms with Gasteiger partial charge in [0.2, 0.25) is 5.95 Å². The topological polar surface area (TPSA) is 76.5 Å². The molecule has 1 fully saturated rings. The second-order valence-corrected chi connectivity index (χ2v) is 9.24. The van der Waals surface area contributed by atoms with Crippen molar-refractivity contribution in [2.24, 2.45) is 0 Å². The summed E-state index contributed by atoms with van der Waals surface area (Å²) in [5.41, 5.74) is 3.88. The van der Waals surface area contributed by atoms with Crippen molar-refractivity contribution in [1.29, 1.82) is 0 Å². The summed E-state index contributed by atoms with van der Waals surface area (Å²) in [5, 5.41) is 3.49. The predicted molar refractivity (Wildman–Crippen MR) is 142 cm³/mol. The molecule has 1 amide bonds. The molecule has 3 aromatic carbocycles.